The number of aromatic nitrogens is 4. The number of thiazole rings is 1. The lowest BCUT2D eigenvalue weighted by Crippen LogP contribution is -2.28. The van der Waals surface area contributed by atoms with Crippen molar-refractivity contribution >= 4 is 34.8 Å². The summed E-state index contributed by atoms with van der Waals surface area (Å²) in [5.74, 6) is 0.562. The zero-order valence-corrected chi connectivity index (χ0v) is 17.4. The van der Waals surface area contributed by atoms with Crippen molar-refractivity contribution < 1.29 is 9.59 Å². The predicted molar refractivity (Wildman–Crippen MR) is 110 cm³/mol. The summed E-state index contributed by atoms with van der Waals surface area (Å²) in [5, 5.41) is 10.7. The van der Waals surface area contributed by atoms with Crippen LogP contribution in [0.25, 0.3) is 5.13 Å². The van der Waals surface area contributed by atoms with Crippen LogP contribution in [0.5, 0.6) is 0 Å². The summed E-state index contributed by atoms with van der Waals surface area (Å²) < 4.78 is 1.52. The molecule has 4 rings (SSSR count). The molecule has 3 aromatic rings. The zero-order valence-electron chi connectivity index (χ0n) is 15.8. The highest BCUT2D eigenvalue weighted by molar-refractivity contribution is 7.16. The van der Waals surface area contributed by atoms with Crippen molar-refractivity contribution in [3.05, 3.63) is 57.6 Å². The monoisotopic (exact) mass is 430 g/mol. The quantitative estimate of drug-likeness (QED) is 0.625. The van der Waals surface area contributed by atoms with Crippen molar-refractivity contribution in [3.63, 3.8) is 0 Å². The number of hydrogen-bond acceptors (Lipinski definition) is 6. The number of nitrogens with one attached hydrogen (secondary N) is 2. The number of benzene rings is 1. The van der Waals surface area contributed by atoms with Gasteiger partial charge in [0.1, 0.15) is 11.2 Å². The van der Waals surface area contributed by atoms with E-state index >= 15 is 0 Å². The fourth-order valence-electron chi connectivity index (χ4n) is 3.02. The molecule has 0 unspecified atom stereocenters. The molecule has 10 heteroatoms. The van der Waals surface area contributed by atoms with E-state index < -0.39 is 6.04 Å². The van der Waals surface area contributed by atoms with Gasteiger partial charge in [0.15, 0.2) is 5.82 Å². The molecule has 0 spiro atoms. The van der Waals surface area contributed by atoms with Crippen molar-refractivity contribution in [2.24, 2.45) is 0 Å². The van der Waals surface area contributed by atoms with Crippen molar-refractivity contribution in [2.45, 2.75) is 31.7 Å². The fourth-order valence-corrected chi connectivity index (χ4v) is 4.10. The Balaban J connectivity index is 1.53. The first-order valence-electron chi connectivity index (χ1n) is 9.16. The number of halogens is 1. The van der Waals surface area contributed by atoms with Gasteiger partial charge in [-0.3, -0.25) is 9.59 Å². The minimum atomic E-state index is -0.430. The molecule has 0 aliphatic heterocycles. The van der Waals surface area contributed by atoms with Crippen molar-refractivity contribution in [1.29, 1.82) is 0 Å². The lowest BCUT2D eigenvalue weighted by molar-refractivity contribution is 0.0935. The predicted octanol–water partition coefficient (Wildman–Crippen LogP) is 3.11. The maximum absolute atomic E-state index is 12.8. The van der Waals surface area contributed by atoms with E-state index in [2.05, 4.69) is 25.7 Å². The van der Waals surface area contributed by atoms with E-state index in [0.29, 0.717) is 32.3 Å². The summed E-state index contributed by atoms with van der Waals surface area (Å²) in [4.78, 5) is 33.5. The van der Waals surface area contributed by atoms with Gasteiger partial charge in [-0.1, -0.05) is 22.9 Å². The summed E-state index contributed by atoms with van der Waals surface area (Å²) in [6, 6.07) is 5.05. The lowest BCUT2D eigenvalue weighted by atomic mass is 10.1. The third-order valence-corrected chi connectivity index (χ3v) is 5.86. The number of carbonyl (C=O) groups is 2. The van der Waals surface area contributed by atoms with Crippen molar-refractivity contribution in [1.82, 2.24) is 30.4 Å². The molecule has 2 amide bonds. The Morgan fingerprint density at radius 3 is 2.76 bits per heavy atom. The molecule has 1 aliphatic rings. The molecule has 2 N–H and O–H groups in total. The minimum absolute atomic E-state index is 0.218. The normalized spacial score (nSPS) is 14.4. The van der Waals surface area contributed by atoms with E-state index in [1.807, 2.05) is 19.1 Å². The van der Waals surface area contributed by atoms with Crippen molar-refractivity contribution in [3.8, 4) is 5.13 Å². The molecule has 1 fully saturated rings. The fraction of sp³-hybridized carbons (Fsp3) is 0.316. The van der Waals surface area contributed by atoms with Gasteiger partial charge in [-0.15, -0.1) is 0 Å². The van der Waals surface area contributed by atoms with Crippen LogP contribution in [0.3, 0.4) is 0 Å². The van der Waals surface area contributed by atoms with Gasteiger partial charge in [-0.25, -0.2) is 9.97 Å². The summed E-state index contributed by atoms with van der Waals surface area (Å²) >= 11 is 7.39. The van der Waals surface area contributed by atoms with Gasteiger partial charge in [-0.2, -0.15) is 9.78 Å². The molecule has 1 atom stereocenters. The average Bonchev–Trinajstić information content (AvgIpc) is 3.24. The van der Waals surface area contributed by atoms with Crippen LogP contribution in [0.2, 0.25) is 5.02 Å². The summed E-state index contributed by atoms with van der Waals surface area (Å²) in [6.45, 7) is 1.82. The second-order valence-corrected chi connectivity index (χ2v) is 8.30. The molecule has 1 aromatic carbocycles. The summed E-state index contributed by atoms with van der Waals surface area (Å²) in [5.41, 5.74) is 1.62. The maximum Gasteiger partial charge on any atom is 0.262 e. The highest BCUT2D eigenvalue weighted by Crippen LogP contribution is 2.41. The van der Waals surface area contributed by atoms with Crippen LogP contribution >= 0.6 is 22.9 Å². The van der Waals surface area contributed by atoms with E-state index in [1.54, 1.807) is 13.1 Å². The third kappa shape index (κ3) is 4.15. The molecule has 0 saturated heterocycles. The Bertz CT molecular complexity index is 1070. The number of carbonyl (C=O) groups excluding carboxylic acids is 2. The van der Waals surface area contributed by atoms with Crippen LogP contribution < -0.4 is 10.6 Å². The molecule has 0 radical (unpaired) electrons. The molecule has 150 valence electrons. The lowest BCUT2D eigenvalue weighted by Gasteiger charge is -2.14. The molecular formula is C19H19ClN6O2S. The highest BCUT2D eigenvalue weighted by atomic mass is 35.5. The number of hydrogen-bond donors (Lipinski definition) is 2. The van der Waals surface area contributed by atoms with Crippen LogP contribution in [-0.2, 0) is 0 Å². The second kappa shape index (κ2) is 7.92. The summed E-state index contributed by atoms with van der Waals surface area (Å²) in [7, 11) is 1.56. The van der Waals surface area contributed by atoms with E-state index in [-0.39, 0.29) is 11.8 Å². The SMILES string of the molecule is CNC(=O)c1cnc(-n2ncnc2[C@H](C)NC(=O)c2cc(Cl)cc(C3CC3)c2)s1. The van der Waals surface area contributed by atoms with Gasteiger partial charge in [0.05, 0.1) is 12.2 Å². The topological polar surface area (TPSA) is 102 Å². The second-order valence-electron chi connectivity index (χ2n) is 6.86. The van der Waals surface area contributed by atoms with Crippen LogP contribution in [-0.4, -0.2) is 38.6 Å². The molecule has 2 heterocycles. The smallest absolute Gasteiger partial charge is 0.262 e. The Labute approximate surface area is 176 Å². The van der Waals surface area contributed by atoms with Crippen LogP contribution in [0.4, 0.5) is 0 Å². The first kappa shape index (κ1) is 19.5. The van der Waals surface area contributed by atoms with E-state index in [0.717, 1.165) is 18.4 Å². The van der Waals surface area contributed by atoms with Crippen LogP contribution in [0.1, 0.15) is 63.1 Å². The number of nitrogens with zero attached hydrogens (tertiary/aromatic N) is 4. The Kier molecular flexibility index (Phi) is 5.33. The van der Waals surface area contributed by atoms with Gasteiger partial charge in [-0.05, 0) is 49.4 Å². The van der Waals surface area contributed by atoms with E-state index in [1.165, 1.54) is 28.5 Å². The average molecular weight is 431 g/mol. The molecule has 29 heavy (non-hydrogen) atoms. The molecule has 8 nitrogen and oxygen atoms in total. The van der Waals surface area contributed by atoms with Gasteiger partial charge < -0.3 is 10.6 Å². The molecule has 1 saturated carbocycles. The number of amides is 2. The largest absolute Gasteiger partial charge is 0.354 e. The molecular weight excluding hydrogens is 412 g/mol. The number of rotatable bonds is 6. The first-order valence-corrected chi connectivity index (χ1v) is 10.3. The highest BCUT2D eigenvalue weighted by Gasteiger charge is 2.25. The van der Waals surface area contributed by atoms with E-state index in [4.69, 9.17) is 11.6 Å². The Hall–Kier alpha value is -2.78. The Morgan fingerprint density at radius 1 is 1.24 bits per heavy atom. The Morgan fingerprint density at radius 2 is 2.03 bits per heavy atom. The first-order chi connectivity index (χ1) is 14.0. The van der Waals surface area contributed by atoms with Crippen LogP contribution in [0, 0.1) is 0 Å². The van der Waals surface area contributed by atoms with Gasteiger partial charge in [0.25, 0.3) is 11.8 Å². The zero-order chi connectivity index (χ0) is 20.5. The van der Waals surface area contributed by atoms with Gasteiger partial charge >= 0.3 is 0 Å². The van der Waals surface area contributed by atoms with E-state index in [9.17, 15) is 9.59 Å². The van der Waals surface area contributed by atoms with Crippen LogP contribution in [0.15, 0.2) is 30.7 Å². The maximum atomic E-state index is 12.8. The van der Waals surface area contributed by atoms with Gasteiger partial charge in [0.2, 0.25) is 5.13 Å². The molecule has 1 aliphatic carbocycles. The van der Waals surface area contributed by atoms with Gasteiger partial charge in [0, 0.05) is 17.6 Å². The van der Waals surface area contributed by atoms with Crippen molar-refractivity contribution in [2.75, 3.05) is 7.05 Å². The molecule has 0 bridgehead atoms. The standard InChI is InChI=1S/C19H19ClN6O2S/c1-10(25-17(27)13-5-12(11-3-4-11)6-14(20)7-13)16-23-9-24-26(16)19-22-8-15(29-19)18(28)21-2/h5-11H,3-4H2,1-2H3,(H,21,28)(H,25,27)/t10-/m0/s1. The molecule has 2 aromatic heterocycles. The third-order valence-electron chi connectivity index (χ3n) is 4.67. The summed E-state index contributed by atoms with van der Waals surface area (Å²) in [6.07, 6.45) is 5.14. The minimum Gasteiger partial charge on any atom is -0.354 e.